The summed E-state index contributed by atoms with van der Waals surface area (Å²) in [6.07, 6.45) is 1.27. The van der Waals surface area contributed by atoms with E-state index in [1.165, 1.54) is 19.4 Å². The lowest BCUT2D eigenvalue weighted by molar-refractivity contribution is 0.132. The van der Waals surface area contributed by atoms with E-state index in [0.29, 0.717) is 13.1 Å². The Morgan fingerprint density at radius 2 is 1.82 bits per heavy atom. The van der Waals surface area contributed by atoms with Gasteiger partial charge in [0.1, 0.15) is 9.84 Å². The highest BCUT2D eigenvalue weighted by Crippen LogP contribution is 2.19. The average molecular weight is 330 g/mol. The van der Waals surface area contributed by atoms with E-state index in [1.54, 1.807) is 6.07 Å². The van der Waals surface area contributed by atoms with Crippen LogP contribution in [0.4, 0.5) is 4.39 Å². The van der Waals surface area contributed by atoms with Crippen molar-refractivity contribution in [3.05, 3.63) is 29.6 Å². The van der Waals surface area contributed by atoms with Gasteiger partial charge in [0.2, 0.25) is 0 Å². The molecule has 0 spiro atoms. The van der Waals surface area contributed by atoms with Crippen LogP contribution in [0.3, 0.4) is 0 Å². The maximum atomic E-state index is 13.7. The molecule has 0 unspecified atom stereocenters. The Balaban J connectivity index is 1.81. The Morgan fingerprint density at radius 3 is 2.36 bits per heavy atom. The van der Waals surface area contributed by atoms with Gasteiger partial charge in [-0.25, -0.2) is 12.8 Å². The van der Waals surface area contributed by atoms with Crippen LogP contribution in [0, 0.1) is 5.82 Å². The van der Waals surface area contributed by atoms with Crippen LogP contribution >= 0.6 is 0 Å². The molecule has 1 aromatic rings. The van der Waals surface area contributed by atoms with Crippen LogP contribution < -0.4 is 4.74 Å². The Hall–Kier alpha value is -1.18. The lowest BCUT2D eigenvalue weighted by atomic mass is 10.2. The highest BCUT2D eigenvalue weighted by Gasteiger charge is 2.18. The topological polar surface area (TPSA) is 49.9 Å². The van der Waals surface area contributed by atoms with Crippen molar-refractivity contribution in [1.29, 1.82) is 0 Å². The van der Waals surface area contributed by atoms with Crippen LogP contribution in [0.5, 0.6) is 5.75 Å². The van der Waals surface area contributed by atoms with Gasteiger partial charge >= 0.3 is 0 Å². The molecule has 22 heavy (non-hydrogen) atoms. The van der Waals surface area contributed by atoms with Crippen LogP contribution in [0.25, 0.3) is 0 Å². The Morgan fingerprint density at radius 1 is 1.18 bits per heavy atom. The molecule has 2 rings (SSSR count). The van der Waals surface area contributed by atoms with E-state index < -0.39 is 9.84 Å². The van der Waals surface area contributed by atoms with Gasteiger partial charge in [-0.1, -0.05) is 6.07 Å². The van der Waals surface area contributed by atoms with E-state index in [2.05, 4.69) is 9.80 Å². The summed E-state index contributed by atoms with van der Waals surface area (Å²) >= 11 is 0. The van der Waals surface area contributed by atoms with E-state index >= 15 is 0 Å². The number of nitrogens with zero attached hydrogens (tertiary/aromatic N) is 2. The third-order valence-corrected chi connectivity index (χ3v) is 4.79. The van der Waals surface area contributed by atoms with Crippen LogP contribution in [0.2, 0.25) is 0 Å². The van der Waals surface area contributed by atoms with E-state index in [1.807, 2.05) is 6.07 Å². The number of sulfone groups is 1. The van der Waals surface area contributed by atoms with Gasteiger partial charge < -0.3 is 4.74 Å². The second-order valence-corrected chi connectivity index (χ2v) is 7.98. The molecule has 1 saturated heterocycles. The summed E-state index contributed by atoms with van der Waals surface area (Å²) in [6, 6.07) is 5.03. The van der Waals surface area contributed by atoms with E-state index in [0.717, 1.165) is 31.7 Å². The minimum Gasteiger partial charge on any atom is -0.494 e. The summed E-state index contributed by atoms with van der Waals surface area (Å²) in [7, 11) is -1.45. The first-order valence-electron chi connectivity index (χ1n) is 7.32. The van der Waals surface area contributed by atoms with Gasteiger partial charge in [-0.15, -0.1) is 0 Å². The summed E-state index contributed by atoms with van der Waals surface area (Å²) in [4.78, 5) is 4.41. The lowest BCUT2D eigenvalue weighted by Gasteiger charge is -2.34. The second kappa shape index (κ2) is 7.39. The van der Waals surface area contributed by atoms with Crippen molar-refractivity contribution < 1.29 is 17.5 Å². The van der Waals surface area contributed by atoms with Crippen molar-refractivity contribution in [2.75, 3.05) is 51.8 Å². The van der Waals surface area contributed by atoms with Crippen molar-refractivity contribution in [2.45, 2.75) is 6.54 Å². The molecule has 1 aliphatic heterocycles. The molecule has 1 fully saturated rings. The summed E-state index contributed by atoms with van der Waals surface area (Å²) in [5.74, 6) is 0.123. The molecule has 0 radical (unpaired) electrons. The number of halogens is 1. The first-order valence-corrected chi connectivity index (χ1v) is 9.38. The Labute approximate surface area is 131 Å². The quantitative estimate of drug-likeness (QED) is 0.779. The number of benzene rings is 1. The zero-order valence-corrected chi connectivity index (χ0v) is 13.9. The van der Waals surface area contributed by atoms with Gasteiger partial charge in [0.15, 0.2) is 11.6 Å². The minimum absolute atomic E-state index is 0.205. The summed E-state index contributed by atoms with van der Waals surface area (Å²) in [5.41, 5.74) is 0.919. The Bertz CT molecular complexity index is 599. The van der Waals surface area contributed by atoms with Crippen molar-refractivity contribution in [2.24, 2.45) is 0 Å². The SMILES string of the molecule is COc1ccc(CN2CCN(CCS(C)(=O)=O)CC2)cc1F. The predicted octanol–water partition coefficient (Wildman–Crippen LogP) is 0.997. The molecule has 0 aliphatic carbocycles. The molecule has 0 saturated carbocycles. The second-order valence-electron chi connectivity index (χ2n) is 5.72. The average Bonchev–Trinajstić information content (AvgIpc) is 2.46. The maximum absolute atomic E-state index is 13.7. The van der Waals surface area contributed by atoms with E-state index in [4.69, 9.17) is 4.74 Å². The van der Waals surface area contributed by atoms with Crippen LogP contribution in [0.1, 0.15) is 5.56 Å². The summed E-state index contributed by atoms with van der Waals surface area (Å²) in [5, 5.41) is 0. The standard InChI is InChI=1S/C15H23FN2O3S/c1-21-15-4-3-13(11-14(15)16)12-18-7-5-17(6-8-18)9-10-22(2,19)20/h3-4,11H,5-10,12H2,1-2H3. The number of hydrogen-bond donors (Lipinski definition) is 0. The van der Waals surface area contributed by atoms with Crippen molar-refractivity contribution in [3.63, 3.8) is 0 Å². The smallest absolute Gasteiger partial charge is 0.165 e. The number of piperazine rings is 1. The molecule has 1 heterocycles. The predicted molar refractivity (Wildman–Crippen MR) is 84.4 cm³/mol. The van der Waals surface area contributed by atoms with E-state index in [9.17, 15) is 12.8 Å². The normalized spacial score (nSPS) is 17.6. The molecule has 0 N–H and O–H groups in total. The number of rotatable bonds is 6. The minimum atomic E-state index is -2.91. The van der Waals surface area contributed by atoms with E-state index in [-0.39, 0.29) is 17.3 Å². The van der Waals surface area contributed by atoms with Gasteiger partial charge in [0.25, 0.3) is 0 Å². The third-order valence-electron chi connectivity index (χ3n) is 3.87. The first kappa shape index (κ1) is 17.2. The molecule has 5 nitrogen and oxygen atoms in total. The van der Waals surface area contributed by atoms with Crippen molar-refractivity contribution >= 4 is 9.84 Å². The molecular formula is C15H23FN2O3S. The largest absolute Gasteiger partial charge is 0.494 e. The van der Waals surface area contributed by atoms with Gasteiger partial charge in [0.05, 0.1) is 12.9 Å². The lowest BCUT2D eigenvalue weighted by Crippen LogP contribution is -2.47. The highest BCUT2D eigenvalue weighted by atomic mass is 32.2. The van der Waals surface area contributed by atoms with Gasteiger partial charge in [-0.3, -0.25) is 9.80 Å². The van der Waals surface area contributed by atoms with Crippen molar-refractivity contribution in [3.8, 4) is 5.75 Å². The highest BCUT2D eigenvalue weighted by molar-refractivity contribution is 7.90. The molecule has 0 amide bonds. The molecule has 1 aromatic carbocycles. The fourth-order valence-electron chi connectivity index (χ4n) is 2.53. The van der Waals surface area contributed by atoms with Gasteiger partial charge in [-0.05, 0) is 17.7 Å². The molecule has 0 atom stereocenters. The summed E-state index contributed by atoms with van der Waals surface area (Å²) in [6.45, 7) is 4.68. The zero-order chi connectivity index (χ0) is 16.2. The molecule has 0 bridgehead atoms. The molecule has 1 aliphatic rings. The molecule has 7 heteroatoms. The van der Waals surface area contributed by atoms with Gasteiger partial charge in [-0.2, -0.15) is 0 Å². The maximum Gasteiger partial charge on any atom is 0.165 e. The number of methoxy groups -OCH3 is 1. The van der Waals surface area contributed by atoms with Crippen LogP contribution in [-0.4, -0.2) is 70.1 Å². The van der Waals surface area contributed by atoms with Gasteiger partial charge in [0, 0.05) is 45.5 Å². The number of ether oxygens (including phenoxy) is 1. The zero-order valence-electron chi connectivity index (χ0n) is 13.1. The van der Waals surface area contributed by atoms with Crippen LogP contribution in [0.15, 0.2) is 18.2 Å². The van der Waals surface area contributed by atoms with Crippen LogP contribution in [-0.2, 0) is 16.4 Å². The fourth-order valence-corrected chi connectivity index (χ4v) is 3.12. The third kappa shape index (κ3) is 5.23. The molecular weight excluding hydrogens is 307 g/mol. The fraction of sp³-hybridized carbons (Fsp3) is 0.600. The molecule has 124 valence electrons. The monoisotopic (exact) mass is 330 g/mol. The van der Waals surface area contributed by atoms with Crippen molar-refractivity contribution in [1.82, 2.24) is 9.80 Å². The first-order chi connectivity index (χ1) is 10.4. The summed E-state index contributed by atoms with van der Waals surface area (Å²) < 4.78 is 40.9. The number of hydrogen-bond acceptors (Lipinski definition) is 5. The Kier molecular flexibility index (Phi) is 5.77. The molecule has 0 aromatic heterocycles.